The predicted molar refractivity (Wildman–Crippen MR) is 102 cm³/mol. The molecule has 0 saturated heterocycles. The lowest BCUT2D eigenvalue weighted by Crippen LogP contribution is -2.21. The van der Waals surface area contributed by atoms with Gasteiger partial charge in [0.25, 0.3) is 5.91 Å². The van der Waals surface area contributed by atoms with Crippen molar-refractivity contribution in [2.75, 3.05) is 25.6 Å². The fourth-order valence-corrected chi connectivity index (χ4v) is 2.50. The zero-order valence-electron chi connectivity index (χ0n) is 15.0. The van der Waals surface area contributed by atoms with Gasteiger partial charge in [-0.15, -0.1) is 0 Å². The lowest BCUT2D eigenvalue weighted by Gasteiger charge is -2.11. The Balaban J connectivity index is 1.99. The Bertz CT molecular complexity index is 858. The SMILES string of the molecule is CCOc1ccc(C(=O)OCC(=O)Nc2nc(C)c(Cl)cc2Cl)cc1OC. The molecule has 144 valence electrons. The van der Waals surface area contributed by atoms with Crippen LogP contribution in [0.4, 0.5) is 5.82 Å². The lowest BCUT2D eigenvalue weighted by molar-refractivity contribution is -0.119. The molecule has 0 radical (unpaired) electrons. The van der Waals surface area contributed by atoms with Crippen molar-refractivity contribution in [3.05, 3.63) is 45.6 Å². The van der Waals surface area contributed by atoms with Crippen LogP contribution in [-0.2, 0) is 9.53 Å². The molecule has 1 aromatic heterocycles. The number of ether oxygens (including phenoxy) is 3. The van der Waals surface area contributed by atoms with Gasteiger partial charge in [-0.1, -0.05) is 23.2 Å². The van der Waals surface area contributed by atoms with E-state index < -0.39 is 18.5 Å². The van der Waals surface area contributed by atoms with E-state index in [2.05, 4.69) is 10.3 Å². The van der Waals surface area contributed by atoms with Gasteiger partial charge in [0, 0.05) is 0 Å². The number of esters is 1. The van der Waals surface area contributed by atoms with Crippen LogP contribution in [0.25, 0.3) is 0 Å². The zero-order chi connectivity index (χ0) is 20.0. The molecule has 2 rings (SSSR count). The van der Waals surface area contributed by atoms with Crippen LogP contribution in [-0.4, -0.2) is 37.2 Å². The Kier molecular flexibility index (Phi) is 7.27. The summed E-state index contributed by atoms with van der Waals surface area (Å²) in [6, 6.07) is 6.07. The second-order valence-corrected chi connectivity index (χ2v) is 6.12. The Labute approximate surface area is 166 Å². The van der Waals surface area contributed by atoms with Crippen molar-refractivity contribution in [3.63, 3.8) is 0 Å². The molecule has 0 atom stereocenters. The first-order valence-corrected chi connectivity index (χ1v) is 8.71. The number of benzene rings is 1. The molecule has 0 saturated carbocycles. The van der Waals surface area contributed by atoms with Crippen molar-refractivity contribution >= 4 is 40.9 Å². The molecule has 0 aliphatic heterocycles. The summed E-state index contributed by atoms with van der Waals surface area (Å²) >= 11 is 11.9. The minimum atomic E-state index is -0.683. The van der Waals surface area contributed by atoms with E-state index in [1.165, 1.54) is 25.3 Å². The van der Waals surface area contributed by atoms with Crippen LogP contribution in [0.2, 0.25) is 10.0 Å². The number of nitrogens with one attached hydrogen (secondary N) is 1. The molecule has 0 aliphatic rings. The van der Waals surface area contributed by atoms with Crippen LogP contribution in [0.5, 0.6) is 11.5 Å². The summed E-state index contributed by atoms with van der Waals surface area (Å²) in [5.74, 6) is -0.228. The van der Waals surface area contributed by atoms with E-state index in [0.717, 1.165) is 0 Å². The monoisotopic (exact) mass is 412 g/mol. The van der Waals surface area contributed by atoms with Crippen LogP contribution >= 0.6 is 23.2 Å². The number of aromatic nitrogens is 1. The Morgan fingerprint density at radius 1 is 1.15 bits per heavy atom. The van der Waals surface area contributed by atoms with Crippen LogP contribution in [0.3, 0.4) is 0 Å². The number of hydrogen-bond donors (Lipinski definition) is 1. The molecule has 2 aromatic rings. The van der Waals surface area contributed by atoms with E-state index in [0.29, 0.717) is 28.8 Å². The maximum absolute atomic E-state index is 12.1. The van der Waals surface area contributed by atoms with E-state index in [9.17, 15) is 9.59 Å². The molecule has 1 aromatic carbocycles. The van der Waals surface area contributed by atoms with Crippen molar-refractivity contribution in [1.29, 1.82) is 0 Å². The van der Waals surface area contributed by atoms with Gasteiger partial charge in [-0.25, -0.2) is 9.78 Å². The lowest BCUT2D eigenvalue weighted by atomic mass is 10.2. The van der Waals surface area contributed by atoms with E-state index in [1.54, 1.807) is 13.0 Å². The van der Waals surface area contributed by atoms with E-state index >= 15 is 0 Å². The maximum Gasteiger partial charge on any atom is 0.338 e. The highest BCUT2D eigenvalue weighted by Gasteiger charge is 2.15. The average Bonchev–Trinajstić information content (AvgIpc) is 2.64. The molecule has 0 bridgehead atoms. The fourth-order valence-electron chi connectivity index (χ4n) is 2.10. The molecular formula is C18H18Cl2N2O5. The molecule has 0 spiro atoms. The van der Waals surface area contributed by atoms with Gasteiger partial charge in [0.15, 0.2) is 23.9 Å². The highest BCUT2D eigenvalue weighted by molar-refractivity contribution is 6.36. The van der Waals surface area contributed by atoms with Gasteiger partial charge in [-0.2, -0.15) is 0 Å². The van der Waals surface area contributed by atoms with Crippen molar-refractivity contribution in [3.8, 4) is 11.5 Å². The summed E-state index contributed by atoms with van der Waals surface area (Å²) in [5, 5.41) is 3.04. The Morgan fingerprint density at radius 3 is 2.56 bits per heavy atom. The highest BCUT2D eigenvalue weighted by atomic mass is 35.5. The van der Waals surface area contributed by atoms with E-state index in [4.69, 9.17) is 37.4 Å². The third-order valence-corrected chi connectivity index (χ3v) is 4.07. The molecule has 27 heavy (non-hydrogen) atoms. The number of carbonyl (C=O) groups excluding carboxylic acids is 2. The standard InChI is InChI=1S/C18H18Cl2N2O5/c1-4-26-14-6-5-11(7-15(14)25-3)18(24)27-9-16(23)22-17-13(20)8-12(19)10(2)21-17/h5-8H,4,9H2,1-3H3,(H,21,22,23). The zero-order valence-corrected chi connectivity index (χ0v) is 16.5. The van der Waals surface area contributed by atoms with Gasteiger partial charge in [-0.05, 0) is 38.1 Å². The second-order valence-electron chi connectivity index (χ2n) is 5.31. The number of anilines is 1. The first kappa shape index (κ1) is 20.8. The van der Waals surface area contributed by atoms with Crippen LogP contribution in [0.15, 0.2) is 24.3 Å². The van der Waals surface area contributed by atoms with Gasteiger partial charge in [-0.3, -0.25) is 4.79 Å². The summed E-state index contributed by atoms with van der Waals surface area (Å²) in [6.45, 7) is 3.46. The number of carbonyl (C=O) groups is 2. The van der Waals surface area contributed by atoms with Crippen molar-refractivity contribution < 1.29 is 23.8 Å². The third-order valence-electron chi connectivity index (χ3n) is 3.40. The van der Waals surface area contributed by atoms with Gasteiger partial charge in [0.1, 0.15) is 0 Å². The number of pyridine rings is 1. The molecular weight excluding hydrogens is 395 g/mol. The van der Waals surface area contributed by atoms with Gasteiger partial charge in [0.05, 0.1) is 35.0 Å². The second kappa shape index (κ2) is 9.43. The topological polar surface area (TPSA) is 86.8 Å². The van der Waals surface area contributed by atoms with Crippen molar-refractivity contribution in [2.24, 2.45) is 0 Å². The third kappa shape index (κ3) is 5.48. The Morgan fingerprint density at radius 2 is 1.89 bits per heavy atom. The molecule has 7 nitrogen and oxygen atoms in total. The summed E-state index contributed by atoms with van der Waals surface area (Å²) < 4.78 is 15.6. The van der Waals surface area contributed by atoms with Crippen LogP contribution in [0.1, 0.15) is 23.0 Å². The number of nitrogens with zero attached hydrogens (tertiary/aromatic N) is 1. The largest absolute Gasteiger partial charge is 0.493 e. The van der Waals surface area contributed by atoms with Gasteiger partial charge >= 0.3 is 5.97 Å². The number of hydrogen-bond acceptors (Lipinski definition) is 6. The summed E-state index contributed by atoms with van der Waals surface area (Å²) in [6.07, 6.45) is 0. The normalized spacial score (nSPS) is 10.3. The van der Waals surface area contributed by atoms with Gasteiger partial charge < -0.3 is 19.5 Å². The summed E-state index contributed by atoms with van der Waals surface area (Å²) in [4.78, 5) is 28.2. The van der Waals surface area contributed by atoms with Gasteiger partial charge in [0.2, 0.25) is 0 Å². The molecule has 0 fully saturated rings. The molecule has 1 heterocycles. The quantitative estimate of drug-likeness (QED) is 0.693. The van der Waals surface area contributed by atoms with E-state index in [-0.39, 0.29) is 16.4 Å². The Hall–Kier alpha value is -2.51. The highest BCUT2D eigenvalue weighted by Crippen LogP contribution is 2.28. The van der Waals surface area contributed by atoms with Crippen molar-refractivity contribution in [2.45, 2.75) is 13.8 Å². The van der Waals surface area contributed by atoms with Crippen molar-refractivity contribution in [1.82, 2.24) is 4.98 Å². The van der Waals surface area contributed by atoms with Crippen LogP contribution in [0, 0.1) is 6.92 Å². The number of methoxy groups -OCH3 is 1. The minimum Gasteiger partial charge on any atom is -0.493 e. The summed E-state index contributed by atoms with van der Waals surface area (Å²) in [5.41, 5.74) is 0.733. The summed E-state index contributed by atoms with van der Waals surface area (Å²) in [7, 11) is 1.46. The molecule has 0 unspecified atom stereocenters. The first-order chi connectivity index (χ1) is 12.8. The number of aryl methyl sites for hydroxylation is 1. The van der Waals surface area contributed by atoms with Crippen LogP contribution < -0.4 is 14.8 Å². The smallest absolute Gasteiger partial charge is 0.338 e. The number of amides is 1. The first-order valence-electron chi connectivity index (χ1n) is 7.96. The minimum absolute atomic E-state index is 0.141. The number of rotatable bonds is 7. The molecule has 1 amide bonds. The maximum atomic E-state index is 12.1. The van der Waals surface area contributed by atoms with E-state index in [1.807, 2.05) is 6.92 Å². The molecule has 9 heteroatoms. The molecule has 1 N–H and O–H groups in total. The average molecular weight is 413 g/mol. The predicted octanol–water partition coefficient (Wildman–Crippen LogP) is 3.90. The number of halogens is 2. The fraction of sp³-hybridized carbons (Fsp3) is 0.278. The molecule has 0 aliphatic carbocycles.